The maximum atomic E-state index is 2.40. The fourth-order valence-electron chi connectivity index (χ4n) is 6.04. The normalized spacial score (nSPS) is 11.9. The Morgan fingerprint density at radius 1 is 0.222 bits per heavy atom. The minimum Gasteiger partial charge on any atom is -0.0616 e. The maximum absolute atomic E-state index is 2.40. The SMILES string of the molecule is c1ccc2cc3c(cc(-c4cc5cc6ccccc6cc5c5ccccc45)c4ccccc43)cc2c1. The highest BCUT2D eigenvalue weighted by molar-refractivity contribution is 6.22. The van der Waals surface area contributed by atoms with Crippen LogP contribution in [0, 0.1) is 0 Å². The Hall–Kier alpha value is -4.68. The summed E-state index contributed by atoms with van der Waals surface area (Å²) < 4.78 is 0. The van der Waals surface area contributed by atoms with E-state index in [0.29, 0.717) is 0 Å². The van der Waals surface area contributed by atoms with Gasteiger partial charge in [-0.05, 0) is 112 Å². The van der Waals surface area contributed by atoms with Crippen molar-refractivity contribution in [3.8, 4) is 11.1 Å². The standard InChI is InChI=1S/C36H22/c1-3-11-25-19-33-27(17-23(25)9-1)21-35(31-15-7-5-13-29(31)33)36-22-28-18-24-10-2-4-12-26(24)20-34(28)30-14-6-8-16-32(30)36/h1-22H. The van der Waals surface area contributed by atoms with Gasteiger partial charge in [0.15, 0.2) is 0 Å². The molecule has 0 heterocycles. The predicted octanol–water partition coefficient (Wildman–Crippen LogP) is 10.3. The molecule has 0 aliphatic heterocycles. The second kappa shape index (κ2) is 7.41. The van der Waals surface area contributed by atoms with Gasteiger partial charge in [0.1, 0.15) is 0 Å². The molecule has 0 bridgehead atoms. The van der Waals surface area contributed by atoms with Gasteiger partial charge in [0.25, 0.3) is 0 Å². The topological polar surface area (TPSA) is 0 Å². The molecule has 0 amide bonds. The zero-order chi connectivity index (χ0) is 23.6. The fourth-order valence-corrected chi connectivity index (χ4v) is 6.04. The molecule has 0 radical (unpaired) electrons. The zero-order valence-electron chi connectivity index (χ0n) is 19.7. The molecule has 0 heteroatoms. The van der Waals surface area contributed by atoms with E-state index in [9.17, 15) is 0 Å². The molecule has 0 nitrogen and oxygen atoms in total. The Morgan fingerprint density at radius 3 is 0.972 bits per heavy atom. The molecule has 0 unspecified atom stereocenters. The lowest BCUT2D eigenvalue weighted by Crippen LogP contribution is -1.89. The van der Waals surface area contributed by atoms with Crippen LogP contribution in [0.5, 0.6) is 0 Å². The molecule has 0 spiro atoms. The van der Waals surface area contributed by atoms with Gasteiger partial charge in [0, 0.05) is 0 Å². The van der Waals surface area contributed by atoms with Crippen molar-refractivity contribution in [1.82, 2.24) is 0 Å². The van der Waals surface area contributed by atoms with Gasteiger partial charge in [-0.25, -0.2) is 0 Å². The Bertz CT molecular complexity index is 1990. The van der Waals surface area contributed by atoms with Gasteiger partial charge in [-0.1, -0.05) is 97.1 Å². The van der Waals surface area contributed by atoms with Crippen molar-refractivity contribution < 1.29 is 0 Å². The second-order valence-electron chi connectivity index (χ2n) is 9.78. The largest absolute Gasteiger partial charge is 0.0616 e. The second-order valence-corrected chi connectivity index (χ2v) is 9.78. The summed E-state index contributed by atoms with van der Waals surface area (Å²) in [7, 11) is 0. The van der Waals surface area contributed by atoms with Crippen LogP contribution in [0.4, 0.5) is 0 Å². The van der Waals surface area contributed by atoms with E-state index in [2.05, 4.69) is 133 Å². The van der Waals surface area contributed by atoms with Crippen LogP contribution >= 0.6 is 0 Å². The van der Waals surface area contributed by atoms with E-state index < -0.39 is 0 Å². The molecular formula is C36H22. The molecule has 166 valence electrons. The van der Waals surface area contributed by atoms with E-state index in [1.807, 2.05) is 0 Å². The van der Waals surface area contributed by atoms with Crippen molar-refractivity contribution in [2.75, 3.05) is 0 Å². The molecule has 36 heavy (non-hydrogen) atoms. The Kier molecular flexibility index (Phi) is 4.03. The van der Waals surface area contributed by atoms with Crippen molar-refractivity contribution in [3.05, 3.63) is 133 Å². The van der Waals surface area contributed by atoms with Crippen LogP contribution in [0.25, 0.3) is 75.8 Å². The third-order valence-corrected chi connectivity index (χ3v) is 7.74. The quantitative estimate of drug-likeness (QED) is 0.171. The average Bonchev–Trinajstić information content (AvgIpc) is 2.94. The smallest absolute Gasteiger partial charge is 0.00926 e. The molecule has 0 N–H and O–H groups in total. The molecule has 0 aromatic heterocycles. The molecule has 0 saturated carbocycles. The number of hydrogen-bond donors (Lipinski definition) is 0. The van der Waals surface area contributed by atoms with Crippen molar-refractivity contribution >= 4 is 64.6 Å². The van der Waals surface area contributed by atoms with E-state index in [1.165, 1.54) is 75.8 Å². The summed E-state index contributed by atoms with van der Waals surface area (Å²) in [6, 6.07) is 49.2. The first kappa shape index (κ1) is 19.6. The molecule has 0 atom stereocenters. The zero-order valence-corrected chi connectivity index (χ0v) is 19.7. The van der Waals surface area contributed by atoms with Crippen LogP contribution in [0.3, 0.4) is 0 Å². The Labute approximate surface area is 209 Å². The van der Waals surface area contributed by atoms with E-state index in [-0.39, 0.29) is 0 Å². The summed E-state index contributed by atoms with van der Waals surface area (Å²) in [6.07, 6.45) is 0. The van der Waals surface area contributed by atoms with Gasteiger partial charge >= 0.3 is 0 Å². The Balaban J connectivity index is 1.54. The van der Waals surface area contributed by atoms with Crippen molar-refractivity contribution in [3.63, 3.8) is 0 Å². The van der Waals surface area contributed by atoms with E-state index in [1.54, 1.807) is 0 Å². The molecule has 8 rings (SSSR count). The third-order valence-electron chi connectivity index (χ3n) is 7.74. The molecule has 0 aliphatic carbocycles. The lowest BCUT2D eigenvalue weighted by atomic mass is 9.87. The monoisotopic (exact) mass is 454 g/mol. The van der Waals surface area contributed by atoms with Gasteiger partial charge in [0.2, 0.25) is 0 Å². The summed E-state index contributed by atoms with van der Waals surface area (Å²) in [5.41, 5.74) is 2.58. The maximum Gasteiger partial charge on any atom is -0.00926 e. The highest BCUT2D eigenvalue weighted by Crippen LogP contribution is 2.42. The average molecular weight is 455 g/mol. The van der Waals surface area contributed by atoms with Gasteiger partial charge in [-0.2, -0.15) is 0 Å². The highest BCUT2D eigenvalue weighted by Gasteiger charge is 2.14. The first-order valence-electron chi connectivity index (χ1n) is 12.5. The van der Waals surface area contributed by atoms with E-state index in [4.69, 9.17) is 0 Å². The first-order valence-corrected chi connectivity index (χ1v) is 12.5. The van der Waals surface area contributed by atoms with Crippen LogP contribution in [-0.2, 0) is 0 Å². The number of benzene rings is 8. The highest BCUT2D eigenvalue weighted by atomic mass is 14.2. The number of rotatable bonds is 1. The van der Waals surface area contributed by atoms with Crippen molar-refractivity contribution in [1.29, 1.82) is 0 Å². The molecule has 8 aromatic rings. The van der Waals surface area contributed by atoms with Crippen LogP contribution < -0.4 is 0 Å². The lowest BCUT2D eigenvalue weighted by molar-refractivity contribution is 1.73. The van der Waals surface area contributed by atoms with Crippen LogP contribution in [0.15, 0.2) is 133 Å². The minimum atomic E-state index is 1.28. The van der Waals surface area contributed by atoms with Gasteiger partial charge in [0.05, 0.1) is 0 Å². The lowest BCUT2D eigenvalue weighted by Gasteiger charge is -2.16. The van der Waals surface area contributed by atoms with Gasteiger partial charge < -0.3 is 0 Å². The minimum absolute atomic E-state index is 1.28. The van der Waals surface area contributed by atoms with E-state index >= 15 is 0 Å². The summed E-state index contributed by atoms with van der Waals surface area (Å²) in [6.45, 7) is 0. The summed E-state index contributed by atoms with van der Waals surface area (Å²) >= 11 is 0. The first-order chi connectivity index (χ1) is 17.8. The number of hydrogen-bond acceptors (Lipinski definition) is 0. The van der Waals surface area contributed by atoms with Crippen LogP contribution in [0.2, 0.25) is 0 Å². The van der Waals surface area contributed by atoms with Gasteiger partial charge in [-0.15, -0.1) is 0 Å². The molecule has 0 aliphatic rings. The van der Waals surface area contributed by atoms with Gasteiger partial charge in [-0.3, -0.25) is 0 Å². The fraction of sp³-hybridized carbons (Fsp3) is 0. The summed E-state index contributed by atoms with van der Waals surface area (Å²) in [5, 5.41) is 15.5. The number of fused-ring (bicyclic) bond motifs is 8. The van der Waals surface area contributed by atoms with E-state index in [0.717, 1.165) is 0 Å². The van der Waals surface area contributed by atoms with Crippen LogP contribution in [-0.4, -0.2) is 0 Å². The van der Waals surface area contributed by atoms with Crippen molar-refractivity contribution in [2.45, 2.75) is 0 Å². The summed E-state index contributed by atoms with van der Waals surface area (Å²) in [4.78, 5) is 0. The van der Waals surface area contributed by atoms with Crippen molar-refractivity contribution in [2.24, 2.45) is 0 Å². The Morgan fingerprint density at radius 2 is 0.556 bits per heavy atom. The summed E-state index contributed by atoms with van der Waals surface area (Å²) in [5.74, 6) is 0. The van der Waals surface area contributed by atoms with Crippen LogP contribution in [0.1, 0.15) is 0 Å². The molecule has 0 saturated heterocycles. The molecule has 8 aromatic carbocycles. The molecular weight excluding hydrogens is 432 g/mol. The molecule has 0 fully saturated rings. The predicted molar refractivity (Wildman–Crippen MR) is 157 cm³/mol. The third kappa shape index (κ3) is 2.82.